The Morgan fingerprint density at radius 2 is 1.32 bits per heavy atom. The molecule has 0 aliphatic rings. The molecule has 0 aliphatic carbocycles. The highest BCUT2D eigenvalue weighted by molar-refractivity contribution is 5.77. The number of likely N-dealkylation sites (N-methyl/N-ethyl adjacent to an activating group) is 1. The van der Waals surface area contributed by atoms with Gasteiger partial charge in [-0.2, -0.15) is 0 Å². The van der Waals surface area contributed by atoms with Crippen molar-refractivity contribution in [3.63, 3.8) is 0 Å². The molecule has 10 heteroatoms. The fourth-order valence-electron chi connectivity index (χ4n) is 1.11. The van der Waals surface area contributed by atoms with Gasteiger partial charge in [-0.3, -0.25) is 14.9 Å². The maximum absolute atomic E-state index is 11.3. The molecule has 0 bridgehead atoms. The summed E-state index contributed by atoms with van der Waals surface area (Å²) in [4.78, 5) is 21.5. The molecule has 10 nitrogen and oxygen atoms in total. The van der Waals surface area contributed by atoms with E-state index in [1.807, 2.05) is 41.5 Å². The van der Waals surface area contributed by atoms with Crippen LogP contribution >= 0.6 is 0 Å². The van der Waals surface area contributed by atoms with Crippen molar-refractivity contribution in [3.8, 4) is 0 Å². The van der Waals surface area contributed by atoms with Gasteiger partial charge in [-0.25, -0.2) is 0 Å². The molecule has 28 heavy (non-hydrogen) atoms. The molecule has 0 aromatic heterocycles. The molecule has 0 fully saturated rings. The normalized spacial score (nSPS) is 10.0. The zero-order valence-corrected chi connectivity index (χ0v) is 19.5. The Morgan fingerprint density at radius 1 is 0.929 bits per heavy atom. The van der Waals surface area contributed by atoms with Gasteiger partial charge in [0.25, 0.3) is 0 Å². The lowest BCUT2D eigenvalue weighted by Gasteiger charge is -2.17. The number of rotatable bonds is 9. The predicted octanol–water partition coefficient (Wildman–Crippen LogP) is -0.254. The molecule has 2 unspecified atom stereocenters. The van der Waals surface area contributed by atoms with Gasteiger partial charge in [-0.15, -0.1) is 0 Å². The Morgan fingerprint density at radius 3 is 1.57 bits per heavy atom. The minimum Gasteiger partial charge on any atom is -0.481 e. The summed E-state index contributed by atoms with van der Waals surface area (Å²) in [5, 5.41) is 14.0. The van der Waals surface area contributed by atoms with Gasteiger partial charge in [0.05, 0.1) is 6.17 Å². The second-order valence-electron chi connectivity index (χ2n) is 4.37. The molecule has 176 valence electrons. The lowest BCUT2D eigenvalue weighted by atomic mass is 10.2. The first-order chi connectivity index (χ1) is 13.4. The molecular weight excluding hydrogens is 362 g/mol. The lowest BCUT2D eigenvalue weighted by molar-refractivity contribution is -0.137. The fourth-order valence-corrected chi connectivity index (χ4v) is 1.11. The standard InChI is InChI=1S/C9H19N3O3.C3H10N2.2C2H6.2CH5N/c1-2-11-7(6-10)12-8(13)4-3-5-9(14)15;1-3(5)2-4;4*1-2/h7,11H,2-6,10H2,1H3,(H,12,13)(H,14,15);3H,2,4-5H2,1H3;2*1-2H3;2*2H2,1H3. The van der Waals surface area contributed by atoms with Crippen LogP contribution < -0.4 is 39.3 Å². The first-order valence-corrected chi connectivity index (χ1v) is 9.93. The summed E-state index contributed by atoms with van der Waals surface area (Å²) < 4.78 is 0. The SMILES string of the molecule is CC.CC.CC(N)CN.CCNC(CN)NC(=O)CCCC(=O)O.CN.CN. The van der Waals surface area contributed by atoms with Crippen molar-refractivity contribution >= 4 is 11.9 Å². The lowest BCUT2D eigenvalue weighted by Crippen LogP contribution is -2.49. The largest absolute Gasteiger partial charge is 0.481 e. The second-order valence-corrected chi connectivity index (χ2v) is 4.37. The van der Waals surface area contributed by atoms with Crippen LogP contribution in [0.1, 0.15) is 60.8 Å². The van der Waals surface area contributed by atoms with E-state index < -0.39 is 5.97 Å². The van der Waals surface area contributed by atoms with Crippen LogP contribution in [-0.4, -0.2) is 62.9 Å². The van der Waals surface area contributed by atoms with Crippen LogP contribution in [0.25, 0.3) is 0 Å². The summed E-state index contributed by atoms with van der Waals surface area (Å²) in [5.41, 5.74) is 24.6. The summed E-state index contributed by atoms with van der Waals surface area (Å²) in [5.74, 6) is -1.06. The van der Waals surface area contributed by atoms with Gasteiger partial charge >= 0.3 is 5.97 Å². The van der Waals surface area contributed by atoms with E-state index >= 15 is 0 Å². The number of aliphatic carboxylic acids is 1. The van der Waals surface area contributed by atoms with E-state index in [1.54, 1.807) is 0 Å². The van der Waals surface area contributed by atoms with Gasteiger partial charge in [0, 0.05) is 32.0 Å². The minimum atomic E-state index is -0.884. The number of nitrogens with two attached hydrogens (primary N) is 5. The quantitative estimate of drug-likeness (QED) is 0.234. The predicted molar refractivity (Wildman–Crippen MR) is 122 cm³/mol. The van der Waals surface area contributed by atoms with Crippen LogP contribution in [0.3, 0.4) is 0 Å². The zero-order chi connectivity index (χ0) is 24.0. The topological polar surface area (TPSA) is 209 Å². The van der Waals surface area contributed by atoms with Crippen LogP contribution in [0.4, 0.5) is 0 Å². The molecule has 0 heterocycles. The maximum atomic E-state index is 11.3. The van der Waals surface area contributed by atoms with Crippen molar-refractivity contribution in [1.29, 1.82) is 0 Å². The summed E-state index contributed by atoms with van der Waals surface area (Å²) in [6.07, 6.45) is 0.355. The summed E-state index contributed by atoms with van der Waals surface area (Å²) in [6, 6.07) is 0.162. The Kier molecular flexibility index (Phi) is 65.9. The summed E-state index contributed by atoms with van der Waals surface area (Å²) >= 11 is 0. The van der Waals surface area contributed by atoms with Crippen LogP contribution in [0.5, 0.6) is 0 Å². The highest BCUT2D eigenvalue weighted by Crippen LogP contribution is 1.95. The Balaban J connectivity index is -0.0000000773. The molecule has 0 spiro atoms. The molecule has 13 N–H and O–H groups in total. The van der Waals surface area contributed by atoms with Crippen LogP contribution in [-0.2, 0) is 9.59 Å². The van der Waals surface area contributed by atoms with E-state index in [9.17, 15) is 9.59 Å². The molecule has 0 rings (SSSR count). The zero-order valence-electron chi connectivity index (χ0n) is 19.5. The highest BCUT2D eigenvalue weighted by Gasteiger charge is 2.09. The third-order valence-electron chi connectivity index (χ3n) is 2.19. The molecule has 0 aromatic rings. The number of nitrogens with one attached hydrogen (secondary N) is 2. The molecule has 0 aromatic carbocycles. The minimum absolute atomic E-state index is 0.0158. The number of carbonyl (C=O) groups is 2. The van der Waals surface area contributed by atoms with Crippen molar-refractivity contribution < 1.29 is 14.7 Å². The molecule has 2 atom stereocenters. The van der Waals surface area contributed by atoms with E-state index in [1.165, 1.54) is 14.1 Å². The highest BCUT2D eigenvalue weighted by atomic mass is 16.4. The Labute approximate surface area is 173 Å². The van der Waals surface area contributed by atoms with E-state index in [0.717, 1.165) is 6.54 Å². The Hall–Kier alpha value is -1.30. The summed E-state index contributed by atoms with van der Waals surface area (Å²) in [6.45, 7) is 13.4. The monoisotopic (exact) mass is 413 g/mol. The number of hydrogen-bond donors (Lipinski definition) is 8. The van der Waals surface area contributed by atoms with Gasteiger partial charge < -0.3 is 39.1 Å². The first kappa shape index (κ1) is 41.2. The van der Waals surface area contributed by atoms with Crippen LogP contribution in [0, 0.1) is 0 Å². The van der Waals surface area contributed by atoms with Crippen molar-refractivity contribution in [2.24, 2.45) is 28.7 Å². The fraction of sp³-hybridized carbons (Fsp3) is 0.889. The van der Waals surface area contributed by atoms with Crippen molar-refractivity contribution in [3.05, 3.63) is 0 Å². The third kappa shape index (κ3) is 56.3. The average Bonchev–Trinajstić information content (AvgIpc) is 2.73. The molecule has 1 amide bonds. The van der Waals surface area contributed by atoms with Gasteiger partial charge in [0.15, 0.2) is 0 Å². The molecule has 0 aliphatic heterocycles. The molecule has 0 saturated heterocycles. The van der Waals surface area contributed by atoms with Crippen molar-refractivity contribution in [1.82, 2.24) is 10.6 Å². The number of carboxylic acids is 1. The average molecular weight is 414 g/mol. The maximum Gasteiger partial charge on any atom is 0.303 e. The van der Waals surface area contributed by atoms with Crippen molar-refractivity contribution in [2.45, 2.75) is 73.0 Å². The molecular formula is C18H51N7O3. The Bertz CT molecular complexity index is 270. The number of carboxylic acid groups (broad SMARTS) is 1. The van der Waals surface area contributed by atoms with E-state index in [2.05, 4.69) is 22.1 Å². The first-order valence-electron chi connectivity index (χ1n) is 9.93. The number of amides is 1. The van der Waals surface area contributed by atoms with Crippen molar-refractivity contribution in [2.75, 3.05) is 33.7 Å². The van der Waals surface area contributed by atoms with E-state index in [0.29, 0.717) is 19.5 Å². The van der Waals surface area contributed by atoms with E-state index in [-0.39, 0.29) is 31.0 Å². The third-order valence-corrected chi connectivity index (χ3v) is 2.19. The van der Waals surface area contributed by atoms with Crippen LogP contribution in [0.15, 0.2) is 0 Å². The second kappa shape index (κ2) is 44.8. The van der Waals surface area contributed by atoms with Gasteiger partial charge in [-0.05, 0) is 34.0 Å². The smallest absolute Gasteiger partial charge is 0.303 e. The van der Waals surface area contributed by atoms with E-state index in [4.69, 9.17) is 22.3 Å². The van der Waals surface area contributed by atoms with Gasteiger partial charge in [0.2, 0.25) is 5.91 Å². The van der Waals surface area contributed by atoms with Gasteiger partial charge in [0.1, 0.15) is 0 Å². The number of hydrogen-bond acceptors (Lipinski definition) is 8. The summed E-state index contributed by atoms with van der Waals surface area (Å²) in [7, 11) is 3.00. The van der Waals surface area contributed by atoms with Crippen LogP contribution in [0.2, 0.25) is 0 Å². The molecule has 0 saturated carbocycles. The number of carbonyl (C=O) groups excluding carboxylic acids is 1. The molecule has 0 radical (unpaired) electrons. The van der Waals surface area contributed by atoms with Gasteiger partial charge in [-0.1, -0.05) is 34.6 Å².